The predicted octanol–water partition coefficient (Wildman–Crippen LogP) is 3.22. The Morgan fingerprint density at radius 1 is 1.24 bits per heavy atom. The molecule has 3 N–H and O–H groups in total. The number of hydrogen-bond acceptors (Lipinski definition) is 4. The van der Waals surface area contributed by atoms with Crippen LogP contribution in [0.15, 0.2) is 42.6 Å². The molecule has 0 radical (unpaired) electrons. The molecule has 1 aliphatic heterocycles. The molecule has 2 heterocycles. The van der Waals surface area contributed by atoms with Crippen LogP contribution in [-0.4, -0.2) is 28.4 Å². The lowest BCUT2D eigenvalue weighted by molar-refractivity contribution is -0.122. The van der Waals surface area contributed by atoms with Crippen LogP contribution >= 0.6 is 12.4 Å². The minimum absolute atomic E-state index is 0. The number of carbonyl (C=O) groups excluding carboxylic acids is 1. The summed E-state index contributed by atoms with van der Waals surface area (Å²) in [6.45, 7) is 1.49. The molecule has 2 aromatic rings. The van der Waals surface area contributed by atoms with E-state index in [4.69, 9.17) is 5.73 Å². The molecule has 7 heteroatoms. The fourth-order valence-corrected chi connectivity index (χ4v) is 3.01. The highest BCUT2D eigenvalue weighted by Crippen LogP contribution is 2.21. The molecule has 25 heavy (non-hydrogen) atoms. The van der Waals surface area contributed by atoms with Gasteiger partial charge < -0.3 is 11.1 Å². The summed E-state index contributed by atoms with van der Waals surface area (Å²) in [5, 5.41) is 2.91. The first-order chi connectivity index (χ1) is 11.6. The highest BCUT2D eigenvalue weighted by atomic mass is 35.5. The Morgan fingerprint density at radius 3 is 2.68 bits per heavy atom. The van der Waals surface area contributed by atoms with E-state index in [1.165, 1.54) is 12.1 Å². The number of piperidine rings is 1. The van der Waals surface area contributed by atoms with Gasteiger partial charge in [-0.3, -0.25) is 9.69 Å². The summed E-state index contributed by atoms with van der Waals surface area (Å²) >= 11 is 0. The number of halogens is 2. The van der Waals surface area contributed by atoms with Gasteiger partial charge >= 0.3 is 0 Å². The maximum absolute atomic E-state index is 13.0. The fourth-order valence-electron chi connectivity index (χ4n) is 3.01. The van der Waals surface area contributed by atoms with Gasteiger partial charge in [-0.05, 0) is 49.2 Å². The quantitative estimate of drug-likeness (QED) is 0.873. The molecule has 1 amide bonds. The molecular weight excluding hydrogens is 343 g/mol. The van der Waals surface area contributed by atoms with Crippen LogP contribution in [0.5, 0.6) is 0 Å². The number of likely N-dealkylation sites (tertiary alicyclic amines) is 1. The summed E-state index contributed by atoms with van der Waals surface area (Å²) in [5.41, 5.74) is 7.21. The molecule has 3 rings (SSSR count). The van der Waals surface area contributed by atoms with Crippen molar-refractivity contribution in [2.45, 2.75) is 31.8 Å². The topological polar surface area (TPSA) is 71.2 Å². The van der Waals surface area contributed by atoms with Gasteiger partial charge in [-0.15, -0.1) is 12.4 Å². The zero-order valence-corrected chi connectivity index (χ0v) is 14.6. The van der Waals surface area contributed by atoms with Crippen molar-refractivity contribution >= 4 is 29.8 Å². The van der Waals surface area contributed by atoms with Crippen LogP contribution in [0.25, 0.3) is 0 Å². The van der Waals surface area contributed by atoms with Crippen LogP contribution in [0.2, 0.25) is 0 Å². The van der Waals surface area contributed by atoms with Crippen LogP contribution in [-0.2, 0) is 11.3 Å². The van der Waals surface area contributed by atoms with Crippen LogP contribution in [0.3, 0.4) is 0 Å². The molecule has 1 saturated heterocycles. The smallest absolute Gasteiger partial charge is 0.241 e. The van der Waals surface area contributed by atoms with Gasteiger partial charge in [0.05, 0.1) is 17.9 Å². The van der Waals surface area contributed by atoms with Crippen molar-refractivity contribution in [2.24, 2.45) is 0 Å². The number of aromatic nitrogens is 1. The van der Waals surface area contributed by atoms with E-state index in [0.717, 1.165) is 31.4 Å². The van der Waals surface area contributed by atoms with Crippen LogP contribution in [0.1, 0.15) is 24.8 Å². The van der Waals surface area contributed by atoms with Gasteiger partial charge in [0.2, 0.25) is 5.91 Å². The second kappa shape index (κ2) is 8.78. The zero-order chi connectivity index (χ0) is 16.9. The molecule has 134 valence electrons. The molecular formula is C18H22ClFN4O. The van der Waals surface area contributed by atoms with E-state index in [9.17, 15) is 9.18 Å². The molecule has 1 atom stereocenters. The average molecular weight is 365 g/mol. The maximum Gasteiger partial charge on any atom is 0.241 e. The molecule has 0 saturated carbocycles. The number of benzene rings is 1. The minimum atomic E-state index is -0.248. The van der Waals surface area contributed by atoms with Gasteiger partial charge in [0, 0.05) is 6.54 Å². The lowest BCUT2D eigenvalue weighted by atomic mass is 10.00. The molecule has 1 fully saturated rings. The highest BCUT2D eigenvalue weighted by molar-refractivity contribution is 5.94. The molecule has 1 aromatic carbocycles. The van der Waals surface area contributed by atoms with Crippen molar-refractivity contribution < 1.29 is 9.18 Å². The van der Waals surface area contributed by atoms with Crippen LogP contribution in [0, 0.1) is 5.82 Å². The Morgan fingerprint density at radius 2 is 2.00 bits per heavy atom. The number of nitrogens with zero attached hydrogens (tertiary/aromatic N) is 2. The second-order valence-electron chi connectivity index (χ2n) is 6.07. The molecule has 0 bridgehead atoms. The van der Waals surface area contributed by atoms with E-state index in [2.05, 4.69) is 15.2 Å². The van der Waals surface area contributed by atoms with Crippen molar-refractivity contribution in [1.29, 1.82) is 0 Å². The van der Waals surface area contributed by atoms with Crippen molar-refractivity contribution in [3.05, 3.63) is 54.0 Å². The maximum atomic E-state index is 13.0. The van der Waals surface area contributed by atoms with Gasteiger partial charge in [-0.25, -0.2) is 9.37 Å². The summed E-state index contributed by atoms with van der Waals surface area (Å²) in [7, 11) is 0. The van der Waals surface area contributed by atoms with E-state index >= 15 is 0 Å². The zero-order valence-electron chi connectivity index (χ0n) is 13.8. The van der Waals surface area contributed by atoms with Crippen molar-refractivity contribution in [3.8, 4) is 0 Å². The summed E-state index contributed by atoms with van der Waals surface area (Å²) in [5.74, 6) is 0.134. The SMILES string of the molecule is Cl.Nc1ccc(NC(=O)C2CCCCN2Cc2ccc(F)cc2)cn1. The molecule has 0 aliphatic carbocycles. The Bertz CT molecular complexity index is 693. The standard InChI is InChI=1S/C18H21FN4O.ClH/c19-14-6-4-13(5-7-14)12-23-10-2-1-3-16(23)18(24)22-15-8-9-17(20)21-11-15;/h4-9,11,16H,1-3,10,12H2,(H2,20,21)(H,22,24);1H. The Kier molecular flexibility index (Phi) is 6.73. The lowest BCUT2D eigenvalue weighted by Gasteiger charge is -2.34. The Labute approximate surface area is 152 Å². The number of nitrogens with one attached hydrogen (secondary N) is 1. The van der Waals surface area contributed by atoms with Crippen molar-refractivity contribution in [2.75, 3.05) is 17.6 Å². The number of nitrogen functional groups attached to an aromatic ring is 1. The number of hydrogen-bond donors (Lipinski definition) is 2. The molecule has 5 nitrogen and oxygen atoms in total. The molecule has 0 spiro atoms. The summed E-state index contributed by atoms with van der Waals surface area (Å²) in [4.78, 5) is 18.8. The Balaban J connectivity index is 0.00000225. The van der Waals surface area contributed by atoms with Gasteiger partial charge in [0.15, 0.2) is 0 Å². The first-order valence-electron chi connectivity index (χ1n) is 8.13. The van der Waals surface area contributed by atoms with Gasteiger partial charge in [-0.2, -0.15) is 0 Å². The third-order valence-corrected chi connectivity index (χ3v) is 4.27. The third-order valence-electron chi connectivity index (χ3n) is 4.27. The highest BCUT2D eigenvalue weighted by Gasteiger charge is 2.28. The predicted molar refractivity (Wildman–Crippen MR) is 99.0 cm³/mol. The fraction of sp³-hybridized carbons (Fsp3) is 0.333. The minimum Gasteiger partial charge on any atom is -0.384 e. The molecule has 1 unspecified atom stereocenters. The normalized spacial score (nSPS) is 17.6. The summed E-state index contributed by atoms with van der Waals surface area (Å²) in [6.07, 6.45) is 4.46. The number of amides is 1. The van der Waals surface area contributed by atoms with Crippen LogP contribution in [0.4, 0.5) is 15.9 Å². The van der Waals surface area contributed by atoms with Crippen LogP contribution < -0.4 is 11.1 Å². The summed E-state index contributed by atoms with van der Waals surface area (Å²) < 4.78 is 13.0. The second-order valence-corrected chi connectivity index (χ2v) is 6.07. The number of rotatable bonds is 4. The number of pyridine rings is 1. The van der Waals surface area contributed by atoms with E-state index in [1.807, 2.05) is 0 Å². The molecule has 1 aromatic heterocycles. The monoisotopic (exact) mass is 364 g/mol. The van der Waals surface area contributed by atoms with Crippen molar-refractivity contribution in [3.63, 3.8) is 0 Å². The largest absolute Gasteiger partial charge is 0.384 e. The van der Waals surface area contributed by atoms with E-state index in [1.54, 1.807) is 30.5 Å². The van der Waals surface area contributed by atoms with E-state index in [0.29, 0.717) is 18.1 Å². The Hall–Kier alpha value is -2.18. The van der Waals surface area contributed by atoms with Gasteiger partial charge in [0.1, 0.15) is 11.6 Å². The number of anilines is 2. The third kappa shape index (κ3) is 5.14. The van der Waals surface area contributed by atoms with Gasteiger partial charge in [0.25, 0.3) is 0 Å². The van der Waals surface area contributed by atoms with E-state index in [-0.39, 0.29) is 30.2 Å². The number of nitrogens with two attached hydrogens (primary N) is 1. The first kappa shape index (κ1) is 19.1. The average Bonchev–Trinajstić information content (AvgIpc) is 2.59. The first-order valence-corrected chi connectivity index (χ1v) is 8.13. The molecule has 1 aliphatic rings. The number of carbonyl (C=O) groups is 1. The van der Waals surface area contributed by atoms with E-state index < -0.39 is 0 Å². The van der Waals surface area contributed by atoms with Gasteiger partial charge in [-0.1, -0.05) is 18.6 Å². The summed E-state index contributed by atoms with van der Waals surface area (Å²) in [6, 6.07) is 9.65. The lowest BCUT2D eigenvalue weighted by Crippen LogP contribution is -2.46. The van der Waals surface area contributed by atoms with Crippen molar-refractivity contribution in [1.82, 2.24) is 9.88 Å².